The minimum absolute atomic E-state index is 0.395. The Morgan fingerprint density at radius 2 is 1.75 bits per heavy atom. The van der Waals surface area contributed by atoms with E-state index in [1.54, 1.807) is 7.11 Å². The fourth-order valence-corrected chi connectivity index (χ4v) is 4.95. The minimum Gasteiger partial charge on any atom is -0.496 e. The van der Waals surface area contributed by atoms with Crippen LogP contribution < -0.4 is 4.74 Å². The molecule has 0 amide bonds. The molecule has 0 aliphatic heterocycles. The number of halogens is 2. The van der Waals surface area contributed by atoms with E-state index in [-0.39, 0.29) is 0 Å². The molecule has 112 valence electrons. The molecule has 0 heterocycles. The van der Waals surface area contributed by atoms with E-state index in [9.17, 15) is 0 Å². The fraction of sp³-hybridized carbons (Fsp3) is 0.647. The van der Waals surface area contributed by atoms with E-state index < -0.39 is 0 Å². The Hall–Kier alpha value is -0.0200. The van der Waals surface area contributed by atoms with Crippen LogP contribution in [-0.4, -0.2) is 7.11 Å². The Kier molecular flexibility index (Phi) is 5.97. The first-order valence-electron chi connectivity index (χ1n) is 7.54. The van der Waals surface area contributed by atoms with Gasteiger partial charge >= 0.3 is 0 Å². The zero-order valence-corrected chi connectivity index (χ0v) is 15.8. The van der Waals surface area contributed by atoms with Crippen LogP contribution in [0.15, 0.2) is 10.5 Å². The molecule has 20 heavy (non-hydrogen) atoms. The Bertz CT molecular complexity index is 463. The second kappa shape index (κ2) is 7.31. The first kappa shape index (κ1) is 16.4. The summed E-state index contributed by atoms with van der Waals surface area (Å²) < 4.78 is 6.89. The molecule has 1 aliphatic rings. The molecule has 1 saturated carbocycles. The fourth-order valence-electron chi connectivity index (χ4n) is 3.32. The summed E-state index contributed by atoms with van der Waals surface area (Å²) in [7, 11) is 1.78. The highest BCUT2D eigenvalue weighted by atomic mass is 79.9. The highest BCUT2D eigenvalue weighted by Crippen LogP contribution is 2.46. The topological polar surface area (TPSA) is 9.23 Å². The number of methoxy groups -OCH3 is 1. The Morgan fingerprint density at radius 1 is 1.15 bits per heavy atom. The summed E-state index contributed by atoms with van der Waals surface area (Å²) in [4.78, 5) is 0.395. The quantitative estimate of drug-likeness (QED) is 0.414. The summed E-state index contributed by atoms with van der Waals surface area (Å²) >= 11 is 7.68. The molecule has 0 saturated heterocycles. The minimum atomic E-state index is 0.395. The number of benzene rings is 1. The van der Waals surface area contributed by atoms with Crippen molar-refractivity contribution >= 4 is 31.9 Å². The highest BCUT2D eigenvalue weighted by Gasteiger charge is 2.27. The van der Waals surface area contributed by atoms with Crippen molar-refractivity contribution in [2.45, 2.75) is 57.2 Å². The molecule has 0 bridgehead atoms. The average Bonchev–Trinajstić information content (AvgIpc) is 2.70. The van der Waals surface area contributed by atoms with Crippen molar-refractivity contribution < 1.29 is 4.74 Å². The predicted octanol–water partition coefficient (Wildman–Crippen LogP) is 6.48. The van der Waals surface area contributed by atoms with Crippen LogP contribution in [0, 0.1) is 19.8 Å². The largest absolute Gasteiger partial charge is 0.496 e. The number of aryl methyl sites for hydroxylation is 1. The number of hydrogen-bond donors (Lipinski definition) is 0. The molecule has 1 atom stereocenters. The second-order valence-corrected chi connectivity index (χ2v) is 7.74. The van der Waals surface area contributed by atoms with Crippen LogP contribution in [0.5, 0.6) is 5.75 Å². The molecule has 0 spiro atoms. The van der Waals surface area contributed by atoms with Crippen molar-refractivity contribution in [3.63, 3.8) is 0 Å². The van der Waals surface area contributed by atoms with E-state index in [0.29, 0.717) is 4.83 Å². The average molecular weight is 404 g/mol. The summed E-state index contributed by atoms with van der Waals surface area (Å²) in [5, 5.41) is 0. The van der Waals surface area contributed by atoms with Gasteiger partial charge in [-0.3, -0.25) is 0 Å². The molecule has 1 unspecified atom stereocenters. The smallest absolute Gasteiger partial charge is 0.126 e. The van der Waals surface area contributed by atoms with Gasteiger partial charge in [-0.15, -0.1) is 0 Å². The molecule has 1 nitrogen and oxygen atoms in total. The molecule has 1 aromatic carbocycles. The monoisotopic (exact) mass is 402 g/mol. The van der Waals surface area contributed by atoms with Gasteiger partial charge in [0.1, 0.15) is 5.75 Å². The molecule has 3 heteroatoms. The van der Waals surface area contributed by atoms with Gasteiger partial charge in [0.25, 0.3) is 0 Å². The van der Waals surface area contributed by atoms with Gasteiger partial charge in [0.05, 0.1) is 7.11 Å². The normalized spacial score (nSPS) is 18.6. The molecule has 2 rings (SSSR count). The van der Waals surface area contributed by atoms with Gasteiger partial charge in [0.2, 0.25) is 0 Å². The van der Waals surface area contributed by atoms with Crippen molar-refractivity contribution in [3.8, 4) is 5.75 Å². The third-order valence-electron chi connectivity index (χ3n) is 4.50. The molecule has 1 aromatic rings. The lowest BCUT2D eigenvalue weighted by Gasteiger charge is -2.26. The van der Waals surface area contributed by atoms with Crippen LogP contribution in [0.25, 0.3) is 0 Å². The summed E-state index contributed by atoms with van der Waals surface area (Å²) in [6.07, 6.45) is 8.16. The summed E-state index contributed by atoms with van der Waals surface area (Å²) in [5.41, 5.74) is 3.85. The van der Waals surface area contributed by atoms with Crippen LogP contribution in [0.1, 0.15) is 60.0 Å². The van der Waals surface area contributed by atoms with Crippen molar-refractivity contribution in [1.29, 1.82) is 0 Å². The van der Waals surface area contributed by atoms with Crippen molar-refractivity contribution in [2.24, 2.45) is 5.92 Å². The maximum absolute atomic E-state index is 5.70. The van der Waals surface area contributed by atoms with Crippen molar-refractivity contribution in [2.75, 3.05) is 7.11 Å². The number of rotatable bonds is 3. The van der Waals surface area contributed by atoms with E-state index in [1.807, 2.05) is 0 Å². The molecule has 0 N–H and O–H groups in total. The standard InChI is InChI=1S/C17H24Br2O/c1-11-10-14(18)12(2)15(17(11)20-3)16(19)13-8-6-4-5-7-9-13/h10,13,16H,4-9H2,1-3H3. The molecule has 1 fully saturated rings. The van der Waals surface area contributed by atoms with Gasteiger partial charge in [-0.2, -0.15) is 0 Å². The van der Waals surface area contributed by atoms with E-state index in [0.717, 1.165) is 11.7 Å². The van der Waals surface area contributed by atoms with Crippen molar-refractivity contribution in [3.05, 3.63) is 27.2 Å². The van der Waals surface area contributed by atoms with Gasteiger partial charge in [-0.25, -0.2) is 0 Å². The second-order valence-electron chi connectivity index (χ2n) is 5.90. The van der Waals surface area contributed by atoms with E-state index in [1.165, 1.54) is 59.7 Å². The zero-order chi connectivity index (χ0) is 14.7. The lowest BCUT2D eigenvalue weighted by Crippen LogP contribution is -2.11. The summed E-state index contributed by atoms with van der Waals surface area (Å²) in [5.74, 6) is 1.77. The zero-order valence-electron chi connectivity index (χ0n) is 12.6. The molecule has 1 aliphatic carbocycles. The molecular weight excluding hydrogens is 380 g/mol. The first-order valence-corrected chi connectivity index (χ1v) is 9.24. The first-order chi connectivity index (χ1) is 9.56. The lowest BCUT2D eigenvalue weighted by atomic mass is 9.89. The van der Waals surface area contributed by atoms with Crippen LogP contribution in [0.4, 0.5) is 0 Å². The molecule has 0 radical (unpaired) electrons. The SMILES string of the molecule is COc1c(C)cc(Br)c(C)c1C(Br)C1CCCCCC1. The number of alkyl halides is 1. The van der Waals surface area contributed by atoms with Gasteiger partial charge < -0.3 is 4.74 Å². The van der Waals surface area contributed by atoms with Gasteiger partial charge in [0, 0.05) is 14.9 Å². The Morgan fingerprint density at radius 3 is 2.30 bits per heavy atom. The van der Waals surface area contributed by atoms with Crippen LogP contribution in [0.2, 0.25) is 0 Å². The van der Waals surface area contributed by atoms with E-state index in [4.69, 9.17) is 4.74 Å². The van der Waals surface area contributed by atoms with E-state index >= 15 is 0 Å². The third-order valence-corrected chi connectivity index (χ3v) is 6.53. The van der Waals surface area contributed by atoms with Gasteiger partial charge in [-0.05, 0) is 49.8 Å². The highest BCUT2D eigenvalue weighted by molar-refractivity contribution is 9.10. The van der Waals surface area contributed by atoms with Gasteiger partial charge in [0.15, 0.2) is 0 Å². The lowest BCUT2D eigenvalue weighted by molar-refractivity contribution is 0.392. The maximum Gasteiger partial charge on any atom is 0.126 e. The van der Waals surface area contributed by atoms with Crippen LogP contribution >= 0.6 is 31.9 Å². The Balaban J connectivity index is 2.39. The van der Waals surface area contributed by atoms with Crippen molar-refractivity contribution in [1.82, 2.24) is 0 Å². The van der Waals surface area contributed by atoms with E-state index in [2.05, 4.69) is 51.8 Å². The predicted molar refractivity (Wildman–Crippen MR) is 93.0 cm³/mol. The summed E-state index contributed by atoms with van der Waals surface area (Å²) in [6, 6.07) is 2.16. The van der Waals surface area contributed by atoms with Crippen LogP contribution in [0.3, 0.4) is 0 Å². The number of hydrogen-bond acceptors (Lipinski definition) is 1. The molecule has 0 aromatic heterocycles. The summed E-state index contributed by atoms with van der Waals surface area (Å²) in [6.45, 7) is 4.31. The third kappa shape index (κ3) is 3.41. The number of ether oxygens (including phenoxy) is 1. The Labute approximate surface area is 139 Å². The molecular formula is C17H24Br2O. The maximum atomic E-state index is 5.70. The van der Waals surface area contributed by atoms with Gasteiger partial charge in [-0.1, -0.05) is 57.5 Å². The van der Waals surface area contributed by atoms with Crippen LogP contribution in [-0.2, 0) is 0 Å².